The second kappa shape index (κ2) is 3.56. The van der Waals surface area contributed by atoms with Crippen LogP contribution in [0.3, 0.4) is 0 Å². The summed E-state index contributed by atoms with van der Waals surface area (Å²) in [5.74, 6) is 0.279. The molecule has 0 saturated carbocycles. The van der Waals surface area contributed by atoms with Gasteiger partial charge in [-0.25, -0.2) is 0 Å². The van der Waals surface area contributed by atoms with Crippen LogP contribution in [0.5, 0.6) is 0 Å². The Bertz CT molecular complexity index is 781. The van der Waals surface area contributed by atoms with Gasteiger partial charge in [-0.05, 0) is 16.8 Å². The van der Waals surface area contributed by atoms with Crippen molar-refractivity contribution in [1.29, 1.82) is 0 Å². The summed E-state index contributed by atoms with van der Waals surface area (Å²) in [5, 5.41) is 3.25. The topological polar surface area (TPSA) is 56.0 Å². The number of nitrogens with zero attached hydrogens (tertiary/aromatic N) is 1. The molecule has 0 amide bonds. The maximum Gasteiger partial charge on any atom is 0.279 e. The fourth-order valence-corrected chi connectivity index (χ4v) is 2.08. The van der Waals surface area contributed by atoms with Crippen molar-refractivity contribution in [2.75, 3.05) is 5.73 Å². The van der Waals surface area contributed by atoms with Gasteiger partial charge in [-0.2, -0.15) is 4.98 Å². The first kappa shape index (κ1) is 9.78. The van der Waals surface area contributed by atoms with Gasteiger partial charge < -0.3 is 5.73 Å². The summed E-state index contributed by atoms with van der Waals surface area (Å²) in [6.07, 6.45) is 0. The van der Waals surface area contributed by atoms with Gasteiger partial charge in [0.25, 0.3) is 5.56 Å². The Balaban J connectivity index is 2.77. The van der Waals surface area contributed by atoms with Crippen molar-refractivity contribution in [2.24, 2.45) is 0 Å². The standard InChI is InChI=1S/C14H10N2O/c15-13-11-7-3-1-5-9(11)10-6-2-4-8-12(10)14(17)16-13/h1-8H,(H2,15,16,17). The van der Waals surface area contributed by atoms with Crippen molar-refractivity contribution in [3.8, 4) is 0 Å². The van der Waals surface area contributed by atoms with E-state index in [-0.39, 0.29) is 11.4 Å². The average Bonchev–Trinajstić information content (AvgIpc) is 2.48. The fraction of sp³-hybridized carbons (Fsp3) is 0. The molecule has 0 fully saturated rings. The zero-order valence-electron chi connectivity index (χ0n) is 9.05. The number of benzene rings is 2. The predicted octanol–water partition coefficient (Wildman–Crippen LogP) is 2.33. The normalized spacial score (nSPS) is 10.8. The van der Waals surface area contributed by atoms with Crippen LogP contribution in [0.2, 0.25) is 0 Å². The highest BCUT2D eigenvalue weighted by Crippen LogP contribution is 2.23. The molecule has 0 atom stereocenters. The van der Waals surface area contributed by atoms with Crippen LogP contribution in [0.1, 0.15) is 0 Å². The number of hydrogen-bond donors (Lipinski definition) is 1. The number of hydrogen-bond acceptors (Lipinski definition) is 3. The molecule has 0 aliphatic heterocycles. The van der Waals surface area contributed by atoms with E-state index in [1.54, 1.807) is 6.07 Å². The number of rotatable bonds is 0. The number of nitrogen functional groups attached to an aromatic ring is 1. The maximum absolute atomic E-state index is 11.9. The largest absolute Gasteiger partial charge is 0.383 e. The maximum atomic E-state index is 11.9. The summed E-state index contributed by atoms with van der Waals surface area (Å²) in [6, 6.07) is 15.1. The third kappa shape index (κ3) is 1.44. The van der Waals surface area contributed by atoms with Gasteiger partial charge in [0.2, 0.25) is 0 Å². The average molecular weight is 222 g/mol. The van der Waals surface area contributed by atoms with Gasteiger partial charge in [0.05, 0.1) is 0 Å². The molecule has 17 heavy (non-hydrogen) atoms. The first-order chi connectivity index (χ1) is 8.27. The quantitative estimate of drug-likeness (QED) is 0.635. The van der Waals surface area contributed by atoms with E-state index >= 15 is 0 Å². The van der Waals surface area contributed by atoms with Crippen molar-refractivity contribution >= 4 is 27.4 Å². The summed E-state index contributed by atoms with van der Waals surface area (Å²) in [5.41, 5.74) is 5.56. The first-order valence-corrected chi connectivity index (χ1v) is 5.34. The number of aromatic nitrogens is 1. The van der Waals surface area contributed by atoms with E-state index in [0.717, 1.165) is 16.2 Å². The van der Waals surface area contributed by atoms with Crippen molar-refractivity contribution in [1.82, 2.24) is 4.98 Å². The van der Waals surface area contributed by atoms with E-state index in [4.69, 9.17) is 5.73 Å². The van der Waals surface area contributed by atoms with Crippen LogP contribution in [0, 0.1) is 0 Å². The minimum atomic E-state index is -0.283. The van der Waals surface area contributed by atoms with Crippen LogP contribution in [-0.4, -0.2) is 4.98 Å². The third-order valence-electron chi connectivity index (χ3n) is 2.87. The van der Waals surface area contributed by atoms with Crippen molar-refractivity contribution in [3.63, 3.8) is 0 Å². The summed E-state index contributed by atoms with van der Waals surface area (Å²) < 4.78 is 0. The van der Waals surface area contributed by atoms with Crippen LogP contribution >= 0.6 is 0 Å². The molecule has 82 valence electrons. The van der Waals surface area contributed by atoms with Gasteiger partial charge in [-0.3, -0.25) is 4.79 Å². The van der Waals surface area contributed by atoms with Gasteiger partial charge in [-0.15, -0.1) is 0 Å². The molecule has 0 spiro atoms. The van der Waals surface area contributed by atoms with Crippen LogP contribution < -0.4 is 11.3 Å². The zero-order valence-corrected chi connectivity index (χ0v) is 9.05. The molecule has 1 heterocycles. The van der Waals surface area contributed by atoms with E-state index in [0.29, 0.717) is 5.39 Å². The van der Waals surface area contributed by atoms with Crippen LogP contribution in [0.15, 0.2) is 53.3 Å². The molecule has 0 radical (unpaired) electrons. The number of anilines is 1. The minimum Gasteiger partial charge on any atom is -0.383 e. The van der Waals surface area contributed by atoms with E-state index in [1.165, 1.54) is 0 Å². The molecule has 3 nitrogen and oxygen atoms in total. The third-order valence-corrected chi connectivity index (χ3v) is 2.87. The van der Waals surface area contributed by atoms with Crippen molar-refractivity contribution in [3.05, 3.63) is 58.9 Å². The molecule has 3 heteroatoms. The highest BCUT2D eigenvalue weighted by atomic mass is 16.1. The van der Waals surface area contributed by atoms with Gasteiger partial charge in [0.15, 0.2) is 0 Å². The van der Waals surface area contributed by atoms with E-state index in [2.05, 4.69) is 4.98 Å². The SMILES string of the molecule is Nc1nc(=O)c2ccccc2c2ccccc12. The lowest BCUT2D eigenvalue weighted by Gasteiger charge is -1.96. The van der Waals surface area contributed by atoms with E-state index < -0.39 is 0 Å². The Kier molecular flexibility index (Phi) is 2.05. The molecule has 1 aromatic heterocycles. The predicted molar refractivity (Wildman–Crippen MR) is 69.9 cm³/mol. The van der Waals surface area contributed by atoms with Gasteiger partial charge in [-0.1, -0.05) is 42.5 Å². The summed E-state index contributed by atoms with van der Waals surface area (Å²) >= 11 is 0. The second-order valence-electron chi connectivity index (χ2n) is 3.89. The smallest absolute Gasteiger partial charge is 0.279 e. The molecule has 0 aliphatic carbocycles. The second-order valence-corrected chi connectivity index (χ2v) is 3.89. The molecule has 2 N–H and O–H groups in total. The summed E-state index contributed by atoms with van der Waals surface area (Å²) in [4.78, 5) is 15.8. The molecule has 3 rings (SSSR count). The van der Waals surface area contributed by atoms with E-state index in [1.807, 2.05) is 42.5 Å². The fourth-order valence-electron chi connectivity index (χ4n) is 2.08. The molecular weight excluding hydrogens is 212 g/mol. The molecule has 0 aliphatic rings. The van der Waals surface area contributed by atoms with Gasteiger partial charge in [0.1, 0.15) is 5.82 Å². The molecule has 2 aromatic carbocycles. The lowest BCUT2D eigenvalue weighted by molar-refractivity contribution is 1.31. The highest BCUT2D eigenvalue weighted by Gasteiger charge is 2.04. The van der Waals surface area contributed by atoms with Crippen LogP contribution in [0.25, 0.3) is 21.5 Å². The molecular formula is C14H10N2O. The van der Waals surface area contributed by atoms with Gasteiger partial charge in [0, 0.05) is 10.8 Å². The van der Waals surface area contributed by atoms with Crippen molar-refractivity contribution in [2.45, 2.75) is 0 Å². The zero-order chi connectivity index (χ0) is 11.8. The Hall–Kier alpha value is -2.42. The Morgan fingerprint density at radius 3 is 1.88 bits per heavy atom. The Morgan fingerprint density at radius 2 is 1.24 bits per heavy atom. The van der Waals surface area contributed by atoms with Crippen LogP contribution in [-0.2, 0) is 0 Å². The van der Waals surface area contributed by atoms with Crippen molar-refractivity contribution < 1.29 is 0 Å². The van der Waals surface area contributed by atoms with Crippen LogP contribution in [0.4, 0.5) is 5.82 Å². The number of nitrogens with two attached hydrogens (primary N) is 1. The summed E-state index contributed by atoms with van der Waals surface area (Å²) in [7, 11) is 0. The minimum absolute atomic E-state index is 0.279. The Labute approximate surface area is 97.5 Å². The molecule has 3 aromatic rings. The molecule has 0 unspecified atom stereocenters. The summed E-state index contributed by atoms with van der Waals surface area (Å²) in [6.45, 7) is 0. The Morgan fingerprint density at radius 1 is 0.765 bits per heavy atom. The monoisotopic (exact) mass is 222 g/mol. The lowest BCUT2D eigenvalue weighted by atomic mass is 10.1. The number of fused-ring (bicyclic) bond motifs is 3. The molecule has 0 bridgehead atoms. The first-order valence-electron chi connectivity index (χ1n) is 5.34. The lowest BCUT2D eigenvalue weighted by Crippen LogP contribution is -2.04. The van der Waals surface area contributed by atoms with E-state index in [9.17, 15) is 4.79 Å². The molecule has 0 saturated heterocycles. The highest BCUT2D eigenvalue weighted by molar-refractivity contribution is 6.08. The van der Waals surface area contributed by atoms with Gasteiger partial charge >= 0.3 is 0 Å².